The molecule has 0 unspecified atom stereocenters. The zero-order valence-corrected chi connectivity index (χ0v) is 13.1. The first-order chi connectivity index (χ1) is 11.0. The van der Waals surface area contributed by atoms with E-state index in [1.807, 2.05) is 6.92 Å². The first-order valence-electron chi connectivity index (χ1n) is 7.74. The second-order valence-corrected chi connectivity index (χ2v) is 6.02. The number of hydrogen-bond donors (Lipinski definition) is 1. The van der Waals surface area contributed by atoms with Gasteiger partial charge >= 0.3 is 0 Å². The number of aromatic nitrogens is 1. The van der Waals surface area contributed by atoms with E-state index in [0.29, 0.717) is 18.5 Å². The number of halogens is 1. The third-order valence-electron chi connectivity index (χ3n) is 4.46. The fourth-order valence-electron chi connectivity index (χ4n) is 3.36. The molecule has 1 amide bonds. The van der Waals surface area contributed by atoms with Crippen LogP contribution in [0.25, 0.3) is 0 Å². The Hall–Kier alpha value is -2.43. The first kappa shape index (κ1) is 15.5. The van der Waals surface area contributed by atoms with Crippen molar-refractivity contribution in [3.63, 3.8) is 0 Å². The molecule has 3 rings (SSSR count). The van der Waals surface area contributed by atoms with Crippen molar-refractivity contribution in [1.82, 2.24) is 4.57 Å². The molecule has 0 saturated carbocycles. The van der Waals surface area contributed by atoms with E-state index in [2.05, 4.69) is 4.57 Å². The van der Waals surface area contributed by atoms with Gasteiger partial charge in [0.1, 0.15) is 5.82 Å². The maximum atomic E-state index is 13.1. The van der Waals surface area contributed by atoms with E-state index in [4.69, 9.17) is 5.73 Å². The number of carbonyl (C=O) groups excluding carboxylic acids is 2. The third kappa shape index (κ3) is 2.91. The number of primary amides is 1. The Kier molecular flexibility index (Phi) is 4.03. The van der Waals surface area contributed by atoms with Crippen molar-refractivity contribution in [3.8, 4) is 0 Å². The van der Waals surface area contributed by atoms with Gasteiger partial charge in [0.25, 0.3) is 0 Å². The minimum absolute atomic E-state index is 0.0797. The van der Waals surface area contributed by atoms with Crippen LogP contribution in [-0.4, -0.2) is 16.3 Å². The minimum atomic E-state index is -0.437. The van der Waals surface area contributed by atoms with Gasteiger partial charge in [0.2, 0.25) is 5.91 Å². The van der Waals surface area contributed by atoms with E-state index in [9.17, 15) is 14.0 Å². The van der Waals surface area contributed by atoms with Crippen molar-refractivity contribution < 1.29 is 14.0 Å². The minimum Gasteiger partial charge on any atom is -0.369 e. The molecule has 0 spiro atoms. The molecule has 4 nitrogen and oxygen atoms in total. The second-order valence-electron chi connectivity index (χ2n) is 6.02. The molecule has 2 aromatic rings. The fourth-order valence-corrected chi connectivity index (χ4v) is 3.36. The lowest BCUT2D eigenvalue weighted by molar-refractivity contribution is -0.117. The smallest absolute Gasteiger partial charge is 0.221 e. The van der Waals surface area contributed by atoms with Gasteiger partial charge < -0.3 is 10.3 Å². The highest BCUT2D eigenvalue weighted by molar-refractivity contribution is 6.01. The van der Waals surface area contributed by atoms with Crippen LogP contribution in [0.3, 0.4) is 0 Å². The van der Waals surface area contributed by atoms with Crippen LogP contribution in [0.5, 0.6) is 0 Å². The van der Waals surface area contributed by atoms with Gasteiger partial charge in [0.05, 0.1) is 6.42 Å². The van der Waals surface area contributed by atoms with Crippen LogP contribution in [0.4, 0.5) is 4.39 Å². The summed E-state index contributed by atoms with van der Waals surface area (Å²) in [5, 5.41) is 0. The van der Waals surface area contributed by atoms with Crippen molar-refractivity contribution >= 4 is 11.7 Å². The summed E-state index contributed by atoms with van der Waals surface area (Å²) in [7, 11) is 0. The number of amides is 1. The van der Waals surface area contributed by atoms with E-state index in [1.165, 1.54) is 12.1 Å². The van der Waals surface area contributed by atoms with Crippen LogP contribution in [-0.2, 0) is 24.2 Å². The number of Topliss-reactive ketones (excluding diaryl/α,β-unsaturated/α-hetero) is 1. The van der Waals surface area contributed by atoms with E-state index >= 15 is 0 Å². The molecule has 0 saturated heterocycles. The molecule has 120 valence electrons. The van der Waals surface area contributed by atoms with Gasteiger partial charge in [-0.25, -0.2) is 4.39 Å². The first-order valence-corrected chi connectivity index (χ1v) is 7.74. The van der Waals surface area contributed by atoms with Gasteiger partial charge in [0, 0.05) is 29.9 Å². The van der Waals surface area contributed by atoms with Gasteiger partial charge in [0.15, 0.2) is 5.78 Å². The van der Waals surface area contributed by atoms with Crippen LogP contribution < -0.4 is 5.73 Å². The van der Waals surface area contributed by atoms with Gasteiger partial charge in [-0.15, -0.1) is 0 Å². The molecular formula is C18H19FN2O2. The summed E-state index contributed by atoms with van der Waals surface area (Å²) in [6.07, 6.45) is 2.21. The number of rotatable bonds is 4. The van der Waals surface area contributed by atoms with Crippen LogP contribution in [0.2, 0.25) is 0 Å². The Morgan fingerprint density at radius 3 is 2.61 bits per heavy atom. The maximum Gasteiger partial charge on any atom is 0.221 e. The molecular weight excluding hydrogens is 295 g/mol. The molecule has 0 fully saturated rings. The molecule has 1 aromatic heterocycles. The molecule has 1 aliphatic rings. The molecule has 1 heterocycles. The summed E-state index contributed by atoms with van der Waals surface area (Å²) in [5.41, 5.74) is 9.60. The summed E-state index contributed by atoms with van der Waals surface area (Å²) in [4.78, 5) is 23.7. The van der Waals surface area contributed by atoms with Gasteiger partial charge in [-0.3, -0.25) is 9.59 Å². The SMILES string of the molecule is Cc1c(CC(N)=O)c2c(n1Cc1ccc(F)cc1)CCCC2=O. The lowest BCUT2D eigenvalue weighted by Crippen LogP contribution is -2.17. The lowest BCUT2D eigenvalue weighted by atomic mass is 9.92. The number of nitrogens with zero attached hydrogens (tertiary/aromatic N) is 1. The molecule has 2 N–H and O–H groups in total. The zero-order chi connectivity index (χ0) is 16.6. The second kappa shape index (κ2) is 5.99. The predicted molar refractivity (Wildman–Crippen MR) is 84.8 cm³/mol. The normalized spacial score (nSPS) is 13.9. The van der Waals surface area contributed by atoms with Crippen LogP contribution in [0, 0.1) is 12.7 Å². The van der Waals surface area contributed by atoms with Crippen molar-refractivity contribution in [2.45, 2.75) is 39.2 Å². The number of fused-ring (bicyclic) bond motifs is 1. The third-order valence-corrected chi connectivity index (χ3v) is 4.46. The Balaban J connectivity index is 2.07. The summed E-state index contributed by atoms with van der Waals surface area (Å²) in [6, 6.07) is 6.32. The van der Waals surface area contributed by atoms with E-state index in [0.717, 1.165) is 35.4 Å². The summed E-state index contributed by atoms with van der Waals surface area (Å²) in [6.45, 7) is 2.47. The highest BCUT2D eigenvalue weighted by Gasteiger charge is 2.28. The molecule has 0 aliphatic heterocycles. The lowest BCUT2D eigenvalue weighted by Gasteiger charge is -2.16. The van der Waals surface area contributed by atoms with E-state index < -0.39 is 5.91 Å². The number of benzene rings is 1. The van der Waals surface area contributed by atoms with Crippen molar-refractivity contribution in [3.05, 3.63) is 58.2 Å². The van der Waals surface area contributed by atoms with Gasteiger partial charge in [-0.1, -0.05) is 12.1 Å². The topological polar surface area (TPSA) is 65.1 Å². The molecule has 0 atom stereocenters. The van der Waals surface area contributed by atoms with Crippen molar-refractivity contribution in [1.29, 1.82) is 0 Å². The quantitative estimate of drug-likeness (QED) is 0.942. The summed E-state index contributed by atoms with van der Waals surface area (Å²) < 4.78 is 15.1. The zero-order valence-electron chi connectivity index (χ0n) is 13.1. The Morgan fingerprint density at radius 2 is 1.96 bits per heavy atom. The molecule has 0 bridgehead atoms. The molecule has 23 heavy (non-hydrogen) atoms. The Morgan fingerprint density at radius 1 is 1.26 bits per heavy atom. The molecule has 1 aromatic carbocycles. The Labute approximate surface area is 134 Å². The maximum absolute atomic E-state index is 13.1. The van der Waals surface area contributed by atoms with Crippen molar-refractivity contribution in [2.24, 2.45) is 5.73 Å². The predicted octanol–water partition coefficient (Wildman–Crippen LogP) is 2.53. The van der Waals surface area contributed by atoms with Crippen LogP contribution >= 0.6 is 0 Å². The molecule has 0 radical (unpaired) electrons. The average Bonchev–Trinajstić information content (AvgIpc) is 2.76. The molecule has 1 aliphatic carbocycles. The average molecular weight is 314 g/mol. The summed E-state index contributed by atoms with van der Waals surface area (Å²) >= 11 is 0. The van der Waals surface area contributed by atoms with Crippen LogP contribution in [0.1, 0.15) is 45.7 Å². The van der Waals surface area contributed by atoms with E-state index in [-0.39, 0.29) is 18.0 Å². The van der Waals surface area contributed by atoms with E-state index in [1.54, 1.807) is 12.1 Å². The Bertz CT molecular complexity index is 775. The monoisotopic (exact) mass is 314 g/mol. The highest BCUT2D eigenvalue weighted by Crippen LogP contribution is 2.31. The standard InChI is InChI=1S/C18H19FN2O2/c1-11-14(9-17(20)23)18-15(3-2-4-16(18)22)21(11)10-12-5-7-13(19)8-6-12/h5-8H,2-4,9-10H2,1H3,(H2,20,23). The fraction of sp³-hybridized carbons (Fsp3) is 0.333. The number of carbonyl (C=O) groups is 2. The van der Waals surface area contributed by atoms with Gasteiger partial charge in [-0.05, 0) is 43.0 Å². The summed E-state index contributed by atoms with van der Waals surface area (Å²) in [5.74, 6) is -0.624. The largest absolute Gasteiger partial charge is 0.369 e. The molecule has 5 heteroatoms. The highest BCUT2D eigenvalue weighted by atomic mass is 19.1. The van der Waals surface area contributed by atoms with Crippen molar-refractivity contribution in [2.75, 3.05) is 0 Å². The number of nitrogens with two attached hydrogens (primary N) is 1. The number of ketones is 1. The van der Waals surface area contributed by atoms with Gasteiger partial charge in [-0.2, -0.15) is 0 Å². The van der Waals surface area contributed by atoms with Crippen LogP contribution in [0.15, 0.2) is 24.3 Å². The number of hydrogen-bond acceptors (Lipinski definition) is 2.